The van der Waals surface area contributed by atoms with Crippen molar-refractivity contribution in [1.29, 1.82) is 0 Å². The van der Waals surface area contributed by atoms with E-state index >= 15 is 0 Å². The lowest BCUT2D eigenvalue weighted by atomic mass is 10.1. The highest BCUT2D eigenvalue weighted by Gasteiger charge is 2.31. The van der Waals surface area contributed by atoms with E-state index in [0.717, 1.165) is 12.8 Å². The fourth-order valence-electron chi connectivity index (χ4n) is 1.06. The molecule has 0 rings (SSSR count). The minimum absolute atomic E-state index is 0.477. The fraction of sp³-hybridized carbons (Fsp3) is 1.00. The Balaban J connectivity index is 3.76. The molecule has 0 amide bonds. The monoisotopic (exact) mass is 164 g/mol. The highest BCUT2D eigenvalue weighted by molar-refractivity contribution is 4.50. The number of hydrogen-bond donors (Lipinski definition) is 3. The average molecular weight is 164 g/mol. The van der Waals surface area contributed by atoms with Gasteiger partial charge < -0.3 is 0 Å². The maximum Gasteiger partial charge on any atom is 0.186 e. The molecule has 4 nitrogen and oxygen atoms in total. The van der Waals surface area contributed by atoms with Crippen LogP contribution < -0.4 is 0 Å². The molecular weight excluding hydrogens is 146 g/mol. The number of rotatable bonds is 5. The first-order chi connectivity index (χ1) is 5.02. The number of nitrogens with zero attached hydrogens (tertiary/aromatic N) is 1. The third-order valence-corrected chi connectivity index (χ3v) is 1.85. The minimum Gasteiger partial charge on any atom is -0.146 e. The van der Waals surface area contributed by atoms with Crippen LogP contribution in [-0.2, 0) is 0 Å². The van der Waals surface area contributed by atoms with Crippen LogP contribution in [0.5, 0.6) is 0 Å². The third kappa shape index (κ3) is 4.31. The van der Waals surface area contributed by atoms with E-state index < -0.39 is 11.0 Å². The summed E-state index contributed by atoms with van der Waals surface area (Å²) in [4.78, 5) is -1.88. The van der Waals surface area contributed by atoms with Gasteiger partial charge in [-0.1, -0.05) is 20.3 Å². The predicted molar refractivity (Wildman–Crippen MR) is 39.2 cm³/mol. The lowest BCUT2D eigenvalue weighted by Gasteiger charge is -2.21. The van der Waals surface area contributed by atoms with Gasteiger partial charge in [-0.05, 0) is 6.42 Å². The van der Waals surface area contributed by atoms with Crippen molar-refractivity contribution >= 4 is 0 Å². The summed E-state index contributed by atoms with van der Waals surface area (Å²) in [6.45, 7) is 3.84. The maximum absolute atomic E-state index is 8.75. The van der Waals surface area contributed by atoms with E-state index in [1.54, 1.807) is 0 Å². The van der Waals surface area contributed by atoms with E-state index in [-0.39, 0.29) is 0 Å². The molecule has 0 aromatic rings. The molecule has 0 aliphatic carbocycles. The van der Waals surface area contributed by atoms with Crippen molar-refractivity contribution in [3.05, 3.63) is 0 Å². The van der Waals surface area contributed by atoms with Crippen molar-refractivity contribution in [2.24, 2.45) is 0 Å². The summed E-state index contributed by atoms with van der Waals surface area (Å²) in [5.74, 6) is 0. The molecule has 0 saturated carbocycles. The SMILES string of the molecule is CCCCC(CC)[N+](O)(O)O. The van der Waals surface area contributed by atoms with Crippen molar-refractivity contribution in [2.45, 2.75) is 45.6 Å². The molecule has 4 heteroatoms. The molecule has 1 unspecified atom stereocenters. The molecule has 0 heterocycles. The van der Waals surface area contributed by atoms with Gasteiger partial charge in [0.2, 0.25) is 0 Å². The zero-order chi connectivity index (χ0) is 8.91. The maximum atomic E-state index is 8.75. The molecule has 3 N–H and O–H groups in total. The summed E-state index contributed by atoms with van der Waals surface area (Å²) in [5, 5.41) is 26.3. The standard InChI is InChI=1S/C7H18NO3/c1-3-5-6-7(4-2)8(9,10)11/h7,9-11H,3-6H2,1-2H3/q+1. The van der Waals surface area contributed by atoms with E-state index in [0.29, 0.717) is 12.8 Å². The van der Waals surface area contributed by atoms with E-state index in [4.69, 9.17) is 15.6 Å². The molecule has 0 spiro atoms. The van der Waals surface area contributed by atoms with E-state index in [1.165, 1.54) is 0 Å². The van der Waals surface area contributed by atoms with Gasteiger partial charge >= 0.3 is 0 Å². The first kappa shape index (κ1) is 10.8. The topological polar surface area (TPSA) is 60.7 Å². The zero-order valence-corrected chi connectivity index (χ0v) is 7.19. The van der Waals surface area contributed by atoms with Gasteiger partial charge in [0.05, 0.1) is 4.97 Å². The van der Waals surface area contributed by atoms with Crippen LogP contribution in [0.2, 0.25) is 0 Å². The molecule has 11 heavy (non-hydrogen) atoms. The molecule has 68 valence electrons. The highest BCUT2D eigenvalue weighted by atomic mass is 17.1. The van der Waals surface area contributed by atoms with Crippen LogP contribution in [0, 0.1) is 0 Å². The average Bonchev–Trinajstić information content (AvgIpc) is 1.87. The molecule has 0 aliphatic heterocycles. The second-order valence-electron chi connectivity index (χ2n) is 2.82. The van der Waals surface area contributed by atoms with Crippen LogP contribution in [0.4, 0.5) is 0 Å². The number of unbranched alkanes of at least 4 members (excludes halogenated alkanes) is 1. The second-order valence-corrected chi connectivity index (χ2v) is 2.82. The van der Waals surface area contributed by atoms with Crippen LogP contribution in [-0.4, -0.2) is 26.6 Å². The smallest absolute Gasteiger partial charge is 0.146 e. The Morgan fingerprint density at radius 2 is 1.73 bits per heavy atom. The Kier molecular flexibility index (Phi) is 4.60. The van der Waals surface area contributed by atoms with E-state index in [9.17, 15) is 0 Å². The number of quaternary nitrogens is 1. The van der Waals surface area contributed by atoms with Gasteiger partial charge in [-0.2, -0.15) is 0 Å². The number of hydrogen-bond acceptors (Lipinski definition) is 3. The van der Waals surface area contributed by atoms with Crippen molar-refractivity contribution < 1.29 is 20.6 Å². The van der Waals surface area contributed by atoms with Crippen molar-refractivity contribution in [3.8, 4) is 0 Å². The first-order valence-electron chi connectivity index (χ1n) is 4.09. The van der Waals surface area contributed by atoms with Crippen molar-refractivity contribution in [1.82, 2.24) is 0 Å². The van der Waals surface area contributed by atoms with Gasteiger partial charge in [0.15, 0.2) is 6.04 Å². The van der Waals surface area contributed by atoms with Crippen LogP contribution in [0.1, 0.15) is 39.5 Å². The highest BCUT2D eigenvalue weighted by Crippen LogP contribution is 2.13. The molecular formula is C7H18NO3+. The van der Waals surface area contributed by atoms with E-state index in [2.05, 4.69) is 0 Å². The number of hydroxylamine groups is 3. The molecule has 0 bridgehead atoms. The molecule has 0 radical (unpaired) electrons. The molecule has 0 aromatic heterocycles. The summed E-state index contributed by atoms with van der Waals surface area (Å²) >= 11 is 0. The summed E-state index contributed by atoms with van der Waals surface area (Å²) < 4.78 is 0. The summed E-state index contributed by atoms with van der Waals surface area (Å²) in [7, 11) is 0. The van der Waals surface area contributed by atoms with Gasteiger partial charge in [0.25, 0.3) is 0 Å². The van der Waals surface area contributed by atoms with Crippen LogP contribution in [0.15, 0.2) is 0 Å². The van der Waals surface area contributed by atoms with Crippen molar-refractivity contribution in [2.75, 3.05) is 0 Å². The molecule has 0 saturated heterocycles. The summed E-state index contributed by atoms with van der Waals surface area (Å²) in [5.41, 5.74) is 0. The predicted octanol–water partition coefficient (Wildman–Crippen LogP) is 1.94. The fourth-order valence-corrected chi connectivity index (χ4v) is 1.06. The summed E-state index contributed by atoms with van der Waals surface area (Å²) in [6.07, 6.45) is 3.09. The Morgan fingerprint density at radius 1 is 1.18 bits per heavy atom. The third-order valence-electron chi connectivity index (χ3n) is 1.85. The van der Waals surface area contributed by atoms with Crippen LogP contribution >= 0.6 is 0 Å². The zero-order valence-electron chi connectivity index (χ0n) is 7.19. The largest absolute Gasteiger partial charge is 0.186 e. The Hall–Kier alpha value is -0.160. The Morgan fingerprint density at radius 3 is 2.00 bits per heavy atom. The van der Waals surface area contributed by atoms with Gasteiger partial charge in [-0.25, -0.2) is 0 Å². The lowest BCUT2D eigenvalue weighted by molar-refractivity contribution is -1.38. The quantitative estimate of drug-likeness (QED) is 0.430. The van der Waals surface area contributed by atoms with Crippen LogP contribution in [0.25, 0.3) is 0 Å². The van der Waals surface area contributed by atoms with Crippen molar-refractivity contribution in [3.63, 3.8) is 0 Å². The second kappa shape index (κ2) is 4.66. The van der Waals surface area contributed by atoms with Crippen LogP contribution in [0.3, 0.4) is 0 Å². The molecule has 0 aromatic carbocycles. The van der Waals surface area contributed by atoms with Gasteiger partial charge in [-0.3, -0.25) is 0 Å². The summed E-state index contributed by atoms with van der Waals surface area (Å²) in [6, 6.07) is -0.477. The minimum atomic E-state index is -1.88. The Bertz CT molecular complexity index is 100. The lowest BCUT2D eigenvalue weighted by Crippen LogP contribution is -2.46. The van der Waals surface area contributed by atoms with Gasteiger partial charge in [0.1, 0.15) is 0 Å². The van der Waals surface area contributed by atoms with E-state index in [1.807, 2.05) is 13.8 Å². The first-order valence-corrected chi connectivity index (χ1v) is 4.09. The molecule has 0 aliphatic rings. The normalized spacial score (nSPS) is 15.0. The molecule has 1 atom stereocenters. The Labute approximate surface area is 67.1 Å². The van der Waals surface area contributed by atoms with Gasteiger partial charge in [-0.15, -0.1) is 15.6 Å². The van der Waals surface area contributed by atoms with Gasteiger partial charge in [0, 0.05) is 12.8 Å². The molecule has 0 fully saturated rings.